The Hall–Kier alpha value is -4.86. The Morgan fingerprint density at radius 3 is 2.74 bits per heavy atom. The van der Waals surface area contributed by atoms with Crippen molar-refractivity contribution >= 4 is 22.5 Å². The first-order valence-electron chi connectivity index (χ1n) is 10.8. The molecule has 0 spiro atoms. The fraction of sp³-hybridized carbons (Fsp3) is 0.120. The third-order valence-corrected chi connectivity index (χ3v) is 5.88. The normalized spacial score (nSPS) is 12.3. The number of aromatic nitrogens is 4. The Kier molecular flexibility index (Phi) is 4.84. The van der Waals surface area contributed by atoms with Crippen LogP contribution in [0.5, 0.6) is 17.2 Å². The number of carbonyl (C=O) groups is 1. The number of methoxy groups -OCH3 is 1. The number of nitrogens with one attached hydrogen (secondary N) is 2. The van der Waals surface area contributed by atoms with Crippen LogP contribution in [0.3, 0.4) is 0 Å². The number of amides is 1. The van der Waals surface area contributed by atoms with Gasteiger partial charge in [0.25, 0.3) is 11.5 Å². The number of H-pyrrole nitrogens is 1. The third-order valence-electron chi connectivity index (χ3n) is 5.88. The van der Waals surface area contributed by atoms with Gasteiger partial charge in [0.1, 0.15) is 11.4 Å². The summed E-state index contributed by atoms with van der Waals surface area (Å²) >= 11 is 0. The molecule has 0 atom stereocenters. The van der Waals surface area contributed by atoms with E-state index in [9.17, 15) is 9.59 Å². The van der Waals surface area contributed by atoms with Crippen LogP contribution in [0.15, 0.2) is 65.5 Å². The number of hydrogen-bond donors (Lipinski definition) is 2. The maximum Gasteiger partial charge on any atom is 0.281 e. The van der Waals surface area contributed by atoms with E-state index in [1.54, 1.807) is 29.8 Å². The van der Waals surface area contributed by atoms with Gasteiger partial charge in [0.05, 0.1) is 18.0 Å². The fourth-order valence-corrected chi connectivity index (χ4v) is 4.05. The van der Waals surface area contributed by atoms with Gasteiger partial charge in [-0.2, -0.15) is 10.1 Å². The van der Waals surface area contributed by atoms with E-state index in [1.807, 2.05) is 42.5 Å². The summed E-state index contributed by atoms with van der Waals surface area (Å²) in [6, 6.07) is 17.7. The Morgan fingerprint density at radius 1 is 1.09 bits per heavy atom. The van der Waals surface area contributed by atoms with Crippen LogP contribution in [0.4, 0.5) is 0 Å². The van der Waals surface area contributed by atoms with Crippen LogP contribution in [0.2, 0.25) is 0 Å². The van der Waals surface area contributed by atoms with Crippen molar-refractivity contribution in [2.45, 2.75) is 6.54 Å². The lowest BCUT2D eigenvalue weighted by Crippen LogP contribution is -2.23. The molecule has 3 aromatic carbocycles. The minimum Gasteiger partial charge on any atom is -0.497 e. The quantitative estimate of drug-likeness (QED) is 0.406. The molecule has 3 heterocycles. The lowest BCUT2D eigenvalue weighted by molar-refractivity contribution is 0.0951. The maximum atomic E-state index is 12.9. The summed E-state index contributed by atoms with van der Waals surface area (Å²) in [5.41, 5.74) is 3.04. The number of hydrogen-bond acceptors (Lipinski definition) is 7. The highest BCUT2D eigenvalue weighted by molar-refractivity contribution is 5.98. The zero-order valence-electron chi connectivity index (χ0n) is 18.6. The summed E-state index contributed by atoms with van der Waals surface area (Å²) in [6.07, 6.45) is 0. The number of benzene rings is 3. The molecule has 0 saturated heterocycles. The molecular weight excluding hydrogens is 450 g/mol. The van der Waals surface area contributed by atoms with Crippen molar-refractivity contribution in [1.82, 2.24) is 25.1 Å². The Labute approximate surface area is 198 Å². The predicted molar refractivity (Wildman–Crippen MR) is 127 cm³/mol. The molecule has 10 nitrogen and oxygen atoms in total. The Morgan fingerprint density at radius 2 is 1.91 bits per heavy atom. The van der Waals surface area contributed by atoms with Crippen molar-refractivity contribution in [2.24, 2.45) is 0 Å². The molecule has 0 radical (unpaired) electrons. The molecule has 6 rings (SSSR count). The fourth-order valence-electron chi connectivity index (χ4n) is 4.05. The van der Waals surface area contributed by atoms with E-state index in [2.05, 4.69) is 20.6 Å². The summed E-state index contributed by atoms with van der Waals surface area (Å²) in [5, 5.41) is 10.5. The molecule has 174 valence electrons. The minimum absolute atomic E-state index is 0.193. The molecule has 0 aliphatic carbocycles. The zero-order chi connectivity index (χ0) is 23.9. The monoisotopic (exact) mass is 469 g/mol. The van der Waals surface area contributed by atoms with Gasteiger partial charge in [-0.15, -0.1) is 0 Å². The molecule has 10 heteroatoms. The van der Waals surface area contributed by atoms with E-state index in [0.717, 1.165) is 11.1 Å². The molecule has 1 amide bonds. The second-order valence-corrected chi connectivity index (χ2v) is 7.97. The molecule has 0 bridgehead atoms. The van der Waals surface area contributed by atoms with Gasteiger partial charge in [-0.1, -0.05) is 6.07 Å². The minimum atomic E-state index is -0.400. The van der Waals surface area contributed by atoms with Gasteiger partial charge in [-0.05, 0) is 60.2 Å². The summed E-state index contributed by atoms with van der Waals surface area (Å²) in [7, 11) is 1.59. The smallest absolute Gasteiger partial charge is 0.281 e. The van der Waals surface area contributed by atoms with E-state index < -0.39 is 5.56 Å². The van der Waals surface area contributed by atoms with Crippen molar-refractivity contribution in [3.05, 3.63) is 82.1 Å². The molecule has 2 N–H and O–H groups in total. The number of nitrogens with zero attached hydrogens (tertiary/aromatic N) is 3. The lowest BCUT2D eigenvalue weighted by atomic mass is 10.1. The number of ether oxygens (including phenoxy) is 3. The van der Waals surface area contributed by atoms with Gasteiger partial charge in [0, 0.05) is 17.7 Å². The second-order valence-electron chi connectivity index (χ2n) is 7.97. The van der Waals surface area contributed by atoms with Crippen LogP contribution in [-0.4, -0.2) is 39.6 Å². The van der Waals surface area contributed by atoms with Crippen LogP contribution in [0, 0.1) is 0 Å². The molecule has 35 heavy (non-hydrogen) atoms. The van der Waals surface area contributed by atoms with E-state index >= 15 is 0 Å². The van der Waals surface area contributed by atoms with Gasteiger partial charge < -0.3 is 19.5 Å². The van der Waals surface area contributed by atoms with E-state index in [1.165, 1.54) is 0 Å². The van der Waals surface area contributed by atoms with Crippen molar-refractivity contribution in [1.29, 1.82) is 0 Å². The summed E-state index contributed by atoms with van der Waals surface area (Å²) in [6.45, 7) is 0.504. The molecular formula is C25H19N5O5. The number of fused-ring (bicyclic) bond motifs is 4. The number of aromatic amines is 1. The topological polar surface area (TPSA) is 120 Å². The largest absolute Gasteiger partial charge is 0.497 e. The average molecular weight is 469 g/mol. The van der Waals surface area contributed by atoms with Gasteiger partial charge in [0.2, 0.25) is 6.79 Å². The molecule has 1 aliphatic heterocycles. The van der Waals surface area contributed by atoms with E-state index in [4.69, 9.17) is 14.2 Å². The first kappa shape index (κ1) is 20.7. The van der Waals surface area contributed by atoms with Gasteiger partial charge in [0.15, 0.2) is 17.1 Å². The number of rotatable bonds is 5. The lowest BCUT2D eigenvalue weighted by Gasteiger charge is -2.08. The summed E-state index contributed by atoms with van der Waals surface area (Å²) < 4.78 is 17.5. The summed E-state index contributed by atoms with van der Waals surface area (Å²) in [4.78, 5) is 29.9. The number of carbonyl (C=O) groups excluding carboxylic acids is 1. The first-order chi connectivity index (χ1) is 17.1. The van der Waals surface area contributed by atoms with E-state index in [-0.39, 0.29) is 12.7 Å². The standard InChI is InChI=1S/C25H19N5O5/c1-33-17-6-3-15(4-7-17)22-23-27-25(32)18-8-5-16(11-19(18)30(23)29-28-22)24(31)26-12-14-2-9-20-21(10-14)35-13-34-20/h2-11,29H,12-13H2,1H3,(H,26,31). The highest BCUT2D eigenvalue weighted by atomic mass is 16.7. The van der Waals surface area contributed by atoms with Crippen molar-refractivity contribution in [3.63, 3.8) is 0 Å². The maximum absolute atomic E-state index is 12.9. The Bertz CT molecular complexity index is 1660. The van der Waals surface area contributed by atoms with Crippen LogP contribution in [0.25, 0.3) is 27.8 Å². The third kappa shape index (κ3) is 3.61. The van der Waals surface area contributed by atoms with Crippen LogP contribution in [-0.2, 0) is 6.54 Å². The molecule has 2 aromatic heterocycles. The zero-order valence-corrected chi connectivity index (χ0v) is 18.6. The molecule has 0 unspecified atom stereocenters. The Balaban J connectivity index is 1.33. The predicted octanol–water partition coefficient (Wildman–Crippen LogP) is 2.91. The van der Waals surface area contributed by atoms with Gasteiger partial charge in [-0.25, -0.2) is 9.73 Å². The first-order valence-corrected chi connectivity index (χ1v) is 10.8. The van der Waals surface area contributed by atoms with Crippen molar-refractivity contribution < 1.29 is 19.0 Å². The molecule has 0 fully saturated rings. The van der Waals surface area contributed by atoms with Crippen LogP contribution in [0.1, 0.15) is 15.9 Å². The van der Waals surface area contributed by atoms with Crippen LogP contribution < -0.4 is 25.1 Å². The van der Waals surface area contributed by atoms with E-state index in [0.29, 0.717) is 51.6 Å². The SMILES string of the molecule is COc1ccc(-c2n[nH]n3c2nc(=O)c2ccc(C(=O)NCc4ccc5c(c4)OCO5)cc23)cc1. The van der Waals surface area contributed by atoms with Gasteiger partial charge >= 0.3 is 0 Å². The second kappa shape index (κ2) is 8.17. The van der Waals surface area contributed by atoms with Crippen molar-refractivity contribution in [3.8, 4) is 28.5 Å². The van der Waals surface area contributed by atoms with Gasteiger partial charge in [-0.3, -0.25) is 9.59 Å². The average Bonchev–Trinajstić information content (AvgIpc) is 3.54. The van der Waals surface area contributed by atoms with Crippen LogP contribution >= 0.6 is 0 Å². The molecule has 5 aromatic rings. The highest BCUT2D eigenvalue weighted by Gasteiger charge is 2.17. The highest BCUT2D eigenvalue weighted by Crippen LogP contribution is 2.32. The molecule has 1 aliphatic rings. The summed E-state index contributed by atoms with van der Waals surface area (Å²) in [5.74, 6) is 1.77. The van der Waals surface area contributed by atoms with Crippen molar-refractivity contribution in [2.75, 3.05) is 13.9 Å². The molecule has 0 saturated carbocycles.